The van der Waals surface area contributed by atoms with E-state index in [0.29, 0.717) is 18.1 Å². The average Bonchev–Trinajstić information content (AvgIpc) is 2.83. The first-order valence-corrected chi connectivity index (χ1v) is 10.1. The highest BCUT2D eigenvalue weighted by molar-refractivity contribution is 5.99. The fraction of sp³-hybridized carbons (Fsp3) is 0.208. The van der Waals surface area contributed by atoms with Crippen LogP contribution in [0.1, 0.15) is 15.9 Å². The molecule has 0 fully saturated rings. The molecule has 33 heavy (non-hydrogen) atoms. The van der Waals surface area contributed by atoms with Gasteiger partial charge in [-0.2, -0.15) is 0 Å². The summed E-state index contributed by atoms with van der Waals surface area (Å²) in [4.78, 5) is 23.8. The van der Waals surface area contributed by atoms with Crippen LogP contribution in [0.15, 0.2) is 66.7 Å². The number of methoxy groups -OCH3 is 2. The van der Waals surface area contributed by atoms with Crippen molar-refractivity contribution < 1.29 is 28.7 Å². The van der Waals surface area contributed by atoms with Crippen molar-refractivity contribution in [2.24, 2.45) is 0 Å². The smallest absolute Gasteiger partial charge is 0.286 e. The van der Waals surface area contributed by atoms with Gasteiger partial charge >= 0.3 is 0 Å². The Balaban J connectivity index is 1.74. The summed E-state index contributed by atoms with van der Waals surface area (Å²) in [7, 11) is 2.91. The lowest BCUT2D eigenvalue weighted by Gasteiger charge is -2.13. The van der Waals surface area contributed by atoms with Gasteiger partial charge in [0.15, 0.2) is 11.5 Å². The predicted octanol–water partition coefficient (Wildman–Crippen LogP) is 4.35. The second kappa shape index (κ2) is 11.5. The molecule has 0 spiro atoms. The zero-order valence-electron chi connectivity index (χ0n) is 18.3. The third-order valence-electron chi connectivity index (χ3n) is 4.60. The first-order chi connectivity index (χ1) is 16.0. The molecule has 3 aromatic rings. The van der Waals surface area contributed by atoms with Gasteiger partial charge in [-0.3, -0.25) is 14.9 Å². The van der Waals surface area contributed by atoms with Crippen molar-refractivity contribution in [2.45, 2.75) is 6.54 Å². The van der Waals surface area contributed by atoms with E-state index >= 15 is 0 Å². The molecule has 0 saturated carbocycles. The Kier molecular flexibility index (Phi) is 8.20. The number of carbonyl (C=O) groups excluding carboxylic acids is 1. The Morgan fingerprint density at radius 3 is 2.39 bits per heavy atom. The second-order valence-electron chi connectivity index (χ2n) is 6.86. The lowest BCUT2D eigenvalue weighted by atomic mass is 10.1. The van der Waals surface area contributed by atoms with E-state index in [-0.39, 0.29) is 35.9 Å². The summed E-state index contributed by atoms with van der Waals surface area (Å²) in [5, 5.41) is 14.3. The molecule has 9 heteroatoms. The molecule has 0 heterocycles. The number of rotatable bonds is 11. The molecule has 0 aliphatic rings. The number of amides is 1. The number of carbonyl (C=O) groups is 1. The quantitative estimate of drug-likeness (QED) is 0.262. The van der Waals surface area contributed by atoms with Gasteiger partial charge in [-0.15, -0.1) is 0 Å². The van der Waals surface area contributed by atoms with Crippen molar-refractivity contribution in [3.8, 4) is 23.0 Å². The molecule has 0 aromatic heterocycles. The van der Waals surface area contributed by atoms with Crippen LogP contribution in [-0.4, -0.2) is 38.3 Å². The third kappa shape index (κ3) is 6.44. The van der Waals surface area contributed by atoms with Crippen molar-refractivity contribution in [1.82, 2.24) is 5.32 Å². The van der Waals surface area contributed by atoms with Crippen molar-refractivity contribution in [1.29, 1.82) is 0 Å². The van der Waals surface area contributed by atoms with Gasteiger partial charge in [0.2, 0.25) is 0 Å². The van der Waals surface area contributed by atoms with Gasteiger partial charge in [0.05, 0.1) is 24.7 Å². The Bertz CT molecular complexity index is 1100. The van der Waals surface area contributed by atoms with E-state index in [1.807, 2.05) is 36.4 Å². The van der Waals surface area contributed by atoms with Crippen LogP contribution in [-0.2, 0) is 11.3 Å². The molecular weight excluding hydrogens is 428 g/mol. The molecule has 0 saturated heterocycles. The Labute approximate surface area is 191 Å². The summed E-state index contributed by atoms with van der Waals surface area (Å²) in [5.74, 6) is 1.05. The van der Waals surface area contributed by atoms with E-state index in [1.54, 1.807) is 18.2 Å². The van der Waals surface area contributed by atoms with E-state index in [1.165, 1.54) is 26.4 Å². The first kappa shape index (κ1) is 23.6. The van der Waals surface area contributed by atoms with E-state index in [9.17, 15) is 14.9 Å². The van der Waals surface area contributed by atoms with Crippen LogP contribution in [0.4, 0.5) is 5.69 Å². The van der Waals surface area contributed by atoms with E-state index in [4.69, 9.17) is 18.9 Å². The van der Waals surface area contributed by atoms with Crippen LogP contribution in [0.5, 0.6) is 23.0 Å². The minimum Gasteiger partial charge on any atom is -0.493 e. The maximum atomic E-state index is 12.8. The summed E-state index contributed by atoms with van der Waals surface area (Å²) in [6.45, 7) is 0.625. The fourth-order valence-corrected chi connectivity index (χ4v) is 3.01. The lowest BCUT2D eigenvalue weighted by molar-refractivity contribution is -0.385. The highest BCUT2D eigenvalue weighted by atomic mass is 16.6. The highest BCUT2D eigenvalue weighted by Crippen LogP contribution is 2.35. The summed E-state index contributed by atoms with van der Waals surface area (Å²) in [5.41, 5.74) is 0.250. The molecule has 0 bridgehead atoms. The van der Waals surface area contributed by atoms with Gasteiger partial charge < -0.3 is 24.3 Å². The normalized spacial score (nSPS) is 10.4. The molecule has 0 aliphatic heterocycles. The zero-order valence-corrected chi connectivity index (χ0v) is 18.3. The van der Waals surface area contributed by atoms with Gasteiger partial charge in [-0.1, -0.05) is 30.3 Å². The highest BCUT2D eigenvalue weighted by Gasteiger charge is 2.24. The first-order valence-electron chi connectivity index (χ1n) is 10.1. The maximum Gasteiger partial charge on any atom is 0.286 e. The van der Waals surface area contributed by atoms with Crippen LogP contribution in [0.25, 0.3) is 0 Å². The molecule has 1 N–H and O–H groups in total. The van der Waals surface area contributed by atoms with Crippen molar-refractivity contribution >= 4 is 11.6 Å². The van der Waals surface area contributed by atoms with E-state index < -0.39 is 10.8 Å². The lowest BCUT2D eigenvalue weighted by Crippen LogP contribution is -2.24. The minimum atomic E-state index is -0.633. The molecular formula is C24H24N2O7. The number of ether oxygens (including phenoxy) is 4. The minimum absolute atomic E-state index is 0.132. The van der Waals surface area contributed by atoms with Gasteiger partial charge in [0.25, 0.3) is 11.6 Å². The Morgan fingerprint density at radius 2 is 1.70 bits per heavy atom. The average molecular weight is 452 g/mol. The van der Waals surface area contributed by atoms with Gasteiger partial charge in [0, 0.05) is 19.7 Å². The number of hydrogen-bond acceptors (Lipinski definition) is 7. The van der Waals surface area contributed by atoms with E-state index in [2.05, 4.69) is 5.32 Å². The predicted molar refractivity (Wildman–Crippen MR) is 121 cm³/mol. The van der Waals surface area contributed by atoms with Crippen molar-refractivity contribution in [3.05, 3.63) is 88.0 Å². The largest absolute Gasteiger partial charge is 0.493 e. The molecule has 9 nitrogen and oxygen atoms in total. The number of hydrogen-bond donors (Lipinski definition) is 1. The van der Waals surface area contributed by atoms with Gasteiger partial charge in [-0.05, 0) is 29.8 Å². The molecule has 0 unspecified atom stereocenters. The molecule has 0 radical (unpaired) electrons. The number of benzene rings is 3. The molecule has 3 rings (SSSR count). The topological polar surface area (TPSA) is 109 Å². The number of nitrogens with zero attached hydrogens (tertiary/aromatic N) is 1. The maximum absolute atomic E-state index is 12.8. The zero-order chi connectivity index (χ0) is 23.6. The van der Waals surface area contributed by atoms with Crippen LogP contribution < -0.4 is 19.5 Å². The fourth-order valence-electron chi connectivity index (χ4n) is 3.01. The third-order valence-corrected chi connectivity index (χ3v) is 4.60. The summed E-state index contributed by atoms with van der Waals surface area (Å²) in [6.07, 6.45) is 0. The number of para-hydroxylation sites is 1. The molecule has 172 valence electrons. The van der Waals surface area contributed by atoms with E-state index in [0.717, 1.165) is 5.56 Å². The van der Waals surface area contributed by atoms with Crippen LogP contribution in [0, 0.1) is 10.1 Å². The number of nitro benzene ring substituents is 1. The molecule has 0 aliphatic carbocycles. The standard InChI is InChI=1S/C24H24N2O7/c1-30-11-12-32-23-15-21(26(28)29)20(14-22(23)31-2)24(27)25-16-17-7-6-10-19(13-17)33-18-8-4-3-5-9-18/h3-10,13-15H,11-12,16H2,1-2H3,(H,25,27). The second-order valence-corrected chi connectivity index (χ2v) is 6.86. The monoisotopic (exact) mass is 452 g/mol. The number of nitrogens with one attached hydrogen (secondary N) is 1. The van der Waals surface area contributed by atoms with Crippen LogP contribution in [0.3, 0.4) is 0 Å². The number of nitro groups is 1. The van der Waals surface area contributed by atoms with Crippen molar-refractivity contribution in [3.63, 3.8) is 0 Å². The van der Waals surface area contributed by atoms with Crippen LogP contribution in [0.2, 0.25) is 0 Å². The van der Waals surface area contributed by atoms with Crippen molar-refractivity contribution in [2.75, 3.05) is 27.4 Å². The van der Waals surface area contributed by atoms with Gasteiger partial charge in [-0.25, -0.2) is 0 Å². The Hall–Kier alpha value is -4.11. The summed E-state index contributed by atoms with van der Waals surface area (Å²) < 4.78 is 21.5. The molecule has 1 amide bonds. The summed E-state index contributed by atoms with van der Waals surface area (Å²) >= 11 is 0. The van der Waals surface area contributed by atoms with Gasteiger partial charge in [0.1, 0.15) is 23.7 Å². The molecule has 0 atom stereocenters. The Morgan fingerprint density at radius 1 is 0.939 bits per heavy atom. The molecule has 3 aromatic carbocycles. The SMILES string of the molecule is COCCOc1cc([N+](=O)[O-])c(C(=O)NCc2cccc(Oc3ccccc3)c2)cc1OC. The van der Waals surface area contributed by atoms with Crippen LogP contribution >= 0.6 is 0 Å². The summed E-state index contributed by atoms with van der Waals surface area (Å²) in [6, 6.07) is 19.0.